The van der Waals surface area contributed by atoms with E-state index in [2.05, 4.69) is 15.3 Å². The number of nitrogens with zero attached hydrogens (tertiary/aromatic N) is 1. The van der Waals surface area contributed by atoms with Crippen molar-refractivity contribution in [3.05, 3.63) is 72.6 Å². The summed E-state index contributed by atoms with van der Waals surface area (Å²) in [5, 5.41) is 4.32. The van der Waals surface area contributed by atoms with Gasteiger partial charge in [0.15, 0.2) is 0 Å². The van der Waals surface area contributed by atoms with E-state index in [9.17, 15) is 9.59 Å². The van der Waals surface area contributed by atoms with Crippen LogP contribution in [-0.4, -0.2) is 34.8 Å². The van der Waals surface area contributed by atoms with E-state index in [1.807, 2.05) is 54.6 Å². The van der Waals surface area contributed by atoms with Gasteiger partial charge in [-0.25, -0.2) is 0 Å². The number of H-pyrrole nitrogens is 1. The Hall–Kier alpha value is -3.67. The van der Waals surface area contributed by atoms with Crippen LogP contribution < -0.4 is 10.1 Å². The Balaban J connectivity index is 1.36. The Morgan fingerprint density at radius 3 is 2.81 bits per heavy atom. The Kier molecular flexibility index (Phi) is 4.53. The molecule has 6 heteroatoms. The zero-order chi connectivity index (χ0) is 18.6. The lowest BCUT2D eigenvalue weighted by Gasteiger charge is -2.09. The van der Waals surface area contributed by atoms with Crippen molar-refractivity contribution in [3.8, 4) is 5.75 Å². The summed E-state index contributed by atoms with van der Waals surface area (Å²) in [5.74, 6) is -0.580. The first-order valence-electron chi connectivity index (χ1n) is 8.59. The first-order chi connectivity index (χ1) is 13.2. The molecule has 0 unspecified atom stereocenters. The highest BCUT2D eigenvalue weighted by Crippen LogP contribution is 2.22. The van der Waals surface area contributed by atoms with Gasteiger partial charge < -0.3 is 15.0 Å². The molecule has 2 aromatic carbocycles. The molecule has 0 aliphatic carbocycles. The Morgan fingerprint density at radius 2 is 1.89 bits per heavy atom. The minimum absolute atomic E-state index is 0.218. The van der Waals surface area contributed by atoms with Gasteiger partial charge in [-0.05, 0) is 18.2 Å². The molecule has 0 radical (unpaired) electrons. The summed E-state index contributed by atoms with van der Waals surface area (Å²) >= 11 is 0. The number of benzene rings is 2. The van der Waals surface area contributed by atoms with Crippen LogP contribution in [0.15, 0.2) is 67.0 Å². The van der Waals surface area contributed by atoms with Crippen LogP contribution in [0.3, 0.4) is 0 Å². The average Bonchev–Trinajstić information content (AvgIpc) is 3.14. The highest BCUT2D eigenvalue weighted by atomic mass is 16.5. The average molecular weight is 359 g/mol. The molecule has 0 saturated heterocycles. The molecule has 0 bridgehead atoms. The summed E-state index contributed by atoms with van der Waals surface area (Å²) in [4.78, 5) is 31.9. The zero-order valence-electron chi connectivity index (χ0n) is 14.4. The van der Waals surface area contributed by atoms with Crippen molar-refractivity contribution in [1.82, 2.24) is 15.3 Å². The highest BCUT2D eigenvalue weighted by molar-refractivity contribution is 6.44. The van der Waals surface area contributed by atoms with Gasteiger partial charge in [0, 0.05) is 28.7 Å². The van der Waals surface area contributed by atoms with E-state index in [0.717, 1.165) is 21.8 Å². The molecule has 6 nitrogen and oxygen atoms in total. The van der Waals surface area contributed by atoms with E-state index in [0.29, 0.717) is 11.3 Å². The minimum Gasteiger partial charge on any atom is -0.489 e. The maximum atomic E-state index is 12.4. The highest BCUT2D eigenvalue weighted by Gasteiger charge is 2.19. The molecule has 0 fully saturated rings. The number of amides is 1. The van der Waals surface area contributed by atoms with Crippen LogP contribution in [0.4, 0.5) is 0 Å². The van der Waals surface area contributed by atoms with Crippen molar-refractivity contribution in [3.63, 3.8) is 0 Å². The van der Waals surface area contributed by atoms with Crippen LogP contribution in [0, 0.1) is 0 Å². The third kappa shape index (κ3) is 3.37. The normalized spacial score (nSPS) is 10.8. The lowest BCUT2D eigenvalue weighted by molar-refractivity contribution is -0.117. The number of pyridine rings is 1. The van der Waals surface area contributed by atoms with Crippen molar-refractivity contribution in [1.29, 1.82) is 0 Å². The van der Waals surface area contributed by atoms with E-state index >= 15 is 0 Å². The molecule has 2 aromatic heterocycles. The first kappa shape index (κ1) is 16.8. The summed E-state index contributed by atoms with van der Waals surface area (Å²) in [6, 6.07) is 16.9. The van der Waals surface area contributed by atoms with Gasteiger partial charge in [-0.1, -0.05) is 36.4 Å². The van der Waals surface area contributed by atoms with Gasteiger partial charge in [0.2, 0.25) is 0 Å². The van der Waals surface area contributed by atoms with Gasteiger partial charge in [-0.3, -0.25) is 14.6 Å². The maximum Gasteiger partial charge on any atom is 0.292 e. The van der Waals surface area contributed by atoms with Crippen LogP contribution in [0.25, 0.3) is 21.8 Å². The third-order valence-electron chi connectivity index (χ3n) is 4.28. The number of aromatic amines is 1. The lowest BCUT2D eigenvalue weighted by Crippen LogP contribution is -2.34. The Labute approximate surface area is 155 Å². The van der Waals surface area contributed by atoms with Gasteiger partial charge in [0.05, 0.1) is 12.1 Å². The topological polar surface area (TPSA) is 84.1 Å². The van der Waals surface area contributed by atoms with Gasteiger partial charge in [-0.2, -0.15) is 0 Å². The fraction of sp³-hybridized carbons (Fsp3) is 0.0952. The standard InChI is InChI=1S/C21H17N3O3/c25-20(16-13-24-17-8-2-1-7-15(16)17)21(26)23-11-12-27-18-9-3-5-14-6-4-10-22-19(14)18/h1-10,13,24H,11-12H2,(H,23,26). The number of aromatic nitrogens is 2. The maximum absolute atomic E-state index is 12.4. The predicted molar refractivity (Wildman–Crippen MR) is 103 cm³/mol. The summed E-state index contributed by atoms with van der Waals surface area (Å²) in [6.07, 6.45) is 3.27. The molecule has 2 heterocycles. The van der Waals surface area contributed by atoms with Crippen LogP contribution in [0.2, 0.25) is 0 Å². The second kappa shape index (κ2) is 7.29. The predicted octanol–water partition coefficient (Wildman–Crippen LogP) is 3.09. The molecule has 2 N–H and O–H groups in total. The molecule has 0 spiro atoms. The number of ether oxygens (including phenoxy) is 1. The molecular formula is C21H17N3O3. The number of Topliss-reactive ketones (excluding diaryl/α,β-unsaturated/α-hetero) is 1. The van der Waals surface area contributed by atoms with E-state index in [1.54, 1.807) is 12.4 Å². The summed E-state index contributed by atoms with van der Waals surface area (Å²) < 4.78 is 5.72. The first-order valence-corrected chi connectivity index (χ1v) is 8.59. The van der Waals surface area contributed by atoms with Gasteiger partial charge in [0.1, 0.15) is 17.9 Å². The molecule has 4 rings (SSSR count). The number of ketones is 1. The largest absolute Gasteiger partial charge is 0.489 e. The fourth-order valence-corrected chi connectivity index (χ4v) is 2.98. The molecule has 0 atom stereocenters. The van der Waals surface area contributed by atoms with Crippen LogP contribution in [0.1, 0.15) is 10.4 Å². The number of carbonyl (C=O) groups excluding carboxylic acids is 2. The SMILES string of the molecule is O=C(NCCOc1cccc2cccnc12)C(=O)c1c[nH]c2ccccc12. The molecular weight excluding hydrogens is 342 g/mol. The fourth-order valence-electron chi connectivity index (χ4n) is 2.98. The second-order valence-electron chi connectivity index (χ2n) is 6.01. The number of fused-ring (bicyclic) bond motifs is 2. The molecule has 4 aromatic rings. The molecule has 0 aliphatic heterocycles. The number of hydrogen-bond donors (Lipinski definition) is 2. The molecule has 0 saturated carbocycles. The summed E-state index contributed by atoms with van der Waals surface area (Å²) in [6.45, 7) is 0.457. The Morgan fingerprint density at radius 1 is 1.04 bits per heavy atom. The van der Waals surface area contributed by atoms with Crippen LogP contribution >= 0.6 is 0 Å². The van der Waals surface area contributed by atoms with Crippen molar-refractivity contribution >= 4 is 33.5 Å². The van der Waals surface area contributed by atoms with E-state index in [4.69, 9.17) is 4.74 Å². The Bertz CT molecular complexity index is 1130. The molecule has 134 valence electrons. The number of nitrogens with one attached hydrogen (secondary N) is 2. The van der Waals surface area contributed by atoms with Crippen LogP contribution in [0.5, 0.6) is 5.75 Å². The number of carbonyl (C=O) groups is 2. The second-order valence-corrected chi connectivity index (χ2v) is 6.01. The molecule has 27 heavy (non-hydrogen) atoms. The van der Waals surface area contributed by atoms with Crippen molar-refractivity contribution in [2.45, 2.75) is 0 Å². The van der Waals surface area contributed by atoms with E-state index in [1.165, 1.54) is 0 Å². The molecule has 0 aliphatic rings. The number of para-hydroxylation sites is 2. The van der Waals surface area contributed by atoms with E-state index in [-0.39, 0.29) is 13.2 Å². The lowest BCUT2D eigenvalue weighted by atomic mass is 10.1. The zero-order valence-corrected chi connectivity index (χ0v) is 14.4. The number of hydrogen-bond acceptors (Lipinski definition) is 4. The smallest absolute Gasteiger partial charge is 0.292 e. The molecule has 1 amide bonds. The number of rotatable bonds is 6. The van der Waals surface area contributed by atoms with Crippen LogP contribution in [-0.2, 0) is 4.79 Å². The monoisotopic (exact) mass is 359 g/mol. The van der Waals surface area contributed by atoms with Gasteiger partial charge in [-0.15, -0.1) is 0 Å². The van der Waals surface area contributed by atoms with Gasteiger partial charge in [0.25, 0.3) is 11.7 Å². The summed E-state index contributed by atoms with van der Waals surface area (Å²) in [5.41, 5.74) is 1.95. The quantitative estimate of drug-likeness (QED) is 0.315. The van der Waals surface area contributed by atoms with Crippen molar-refractivity contribution < 1.29 is 14.3 Å². The summed E-state index contributed by atoms with van der Waals surface area (Å²) in [7, 11) is 0. The van der Waals surface area contributed by atoms with Crippen molar-refractivity contribution in [2.75, 3.05) is 13.2 Å². The minimum atomic E-state index is -0.653. The van der Waals surface area contributed by atoms with Crippen molar-refractivity contribution in [2.24, 2.45) is 0 Å². The third-order valence-corrected chi connectivity index (χ3v) is 4.28. The van der Waals surface area contributed by atoms with E-state index < -0.39 is 11.7 Å². The van der Waals surface area contributed by atoms with Gasteiger partial charge >= 0.3 is 0 Å².